The lowest BCUT2D eigenvalue weighted by Crippen LogP contribution is -2.25. The number of sulfonamides is 1. The second-order valence-corrected chi connectivity index (χ2v) is 6.39. The second-order valence-electron chi connectivity index (χ2n) is 4.62. The molecule has 6 nitrogen and oxygen atoms in total. The van der Waals surface area contributed by atoms with Crippen LogP contribution in [-0.2, 0) is 10.0 Å². The molecule has 1 aromatic heterocycles. The molecule has 0 saturated carbocycles. The lowest BCUT2D eigenvalue weighted by Gasteiger charge is -2.10. The molecule has 0 aliphatic heterocycles. The van der Waals surface area contributed by atoms with Crippen molar-refractivity contribution in [3.63, 3.8) is 0 Å². The van der Waals surface area contributed by atoms with Gasteiger partial charge in [0.25, 0.3) is 0 Å². The van der Waals surface area contributed by atoms with Crippen LogP contribution in [0.1, 0.15) is 25.2 Å². The quantitative estimate of drug-likeness (QED) is 0.776. The standard InChI is InChI=1S/C15H19NO5S/c1-2-20-12-5-7-13(8-6-12)22(18,19)16-10-9-14(17)15-4-3-11-21-15/h3-8,11,14,16-17H,2,9-10H2,1H3. The van der Waals surface area contributed by atoms with Crippen LogP contribution in [0.5, 0.6) is 5.75 Å². The number of hydrogen-bond donors (Lipinski definition) is 2. The Morgan fingerprint density at radius 2 is 2.00 bits per heavy atom. The largest absolute Gasteiger partial charge is 0.494 e. The molecule has 0 radical (unpaired) electrons. The predicted molar refractivity (Wildman–Crippen MR) is 81.1 cm³/mol. The van der Waals surface area contributed by atoms with Crippen molar-refractivity contribution in [3.05, 3.63) is 48.4 Å². The number of nitrogens with one attached hydrogen (secondary N) is 1. The van der Waals surface area contributed by atoms with Crippen LogP contribution in [0.4, 0.5) is 0 Å². The van der Waals surface area contributed by atoms with Gasteiger partial charge in [0, 0.05) is 6.54 Å². The number of rotatable bonds is 8. The summed E-state index contributed by atoms with van der Waals surface area (Å²) in [5.41, 5.74) is 0. The molecule has 0 saturated heterocycles. The van der Waals surface area contributed by atoms with Crippen LogP contribution >= 0.6 is 0 Å². The lowest BCUT2D eigenvalue weighted by atomic mass is 10.2. The van der Waals surface area contributed by atoms with E-state index in [-0.39, 0.29) is 17.9 Å². The van der Waals surface area contributed by atoms with Crippen LogP contribution in [-0.4, -0.2) is 26.7 Å². The summed E-state index contributed by atoms with van der Waals surface area (Å²) in [5.74, 6) is 1.04. The van der Waals surface area contributed by atoms with Gasteiger partial charge in [-0.25, -0.2) is 13.1 Å². The summed E-state index contributed by atoms with van der Waals surface area (Å²) in [6, 6.07) is 9.49. The highest BCUT2D eigenvalue weighted by Gasteiger charge is 2.16. The van der Waals surface area contributed by atoms with Crippen molar-refractivity contribution in [3.8, 4) is 5.75 Å². The third-order valence-electron chi connectivity index (χ3n) is 3.03. The summed E-state index contributed by atoms with van der Waals surface area (Å²) in [6.07, 6.45) is 0.852. The van der Waals surface area contributed by atoms with E-state index >= 15 is 0 Å². The highest BCUT2D eigenvalue weighted by Crippen LogP contribution is 2.18. The lowest BCUT2D eigenvalue weighted by molar-refractivity contribution is 0.142. The SMILES string of the molecule is CCOc1ccc(S(=O)(=O)NCCC(O)c2ccco2)cc1. The van der Waals surface area contributed by atoms with Gasteiger partial charge in [0.2, 0.25) is 10.0 Å². The molecule has 1 unspecified atom stereocenters. The molecule has 1 aromatic carbocycles. The van der Waals surface area contributed by atoms with Crippen LogP contribution in [0.25, 0.3) is 0 Å². The van der Waals surface area contributed by atoms with E-state index in [1.54, 1.807) is 24.3 Å². The number of furan rings is 1. The molecule has 120 valence electrons. The maximum atomic E-state index is 12.1. The van der Waals surface area contributed by atoms with Crippen LogP contribution in [0, 0.1) is 0 Å². The summed E-state index contributed by atoms with van der Waals surface area (Å²) in [6.45, 7) is 2.49. The molecule has 0 fully saturated rings. The Balaban J connectivity index is 1.90. The van der Waals surface area contributed by atoms with E-state index in [1.165, 1.54) is 18.4 Å². The third-order valence-corrected chi connectivity index (χ3v) is 4.50. The molecule has 2 aromatic rings. The average Bonchev–Trinajstić information content (AvgIpc) is 3.02. The Hall–Kier alpha value is -1.83. The van der Waals surface area contributed by atoms with Crippen molar-refractivity contribution in [2.75, 3.05) is 13.2 Å². The van der Waals surface area contributed by atoms with Crippen molar-refractivity contribution < 1.29 is 22.7 Å². The molecular formula is C15H19NO5S. The van der Waals surface area contributed by atoms with Gasteiger partial charge in [0.15, 0.2) is 0 Å². The number of aliphatic hydroxyl groups excluding tert-OH is 1. The zero-order valence-electron chi connectivity index (χ0n) is 12.2. The smallest absolute Gasteiger partial charge is 0.240 e. The van der Waals surface area contributed by atoms with Gasteiger partial charge in [0.1, 0.15) is 17.6 Å². The van der Waals surface area contributed by atoms with Gasteiger partial charge in [-0.2, -0.15) is 0 Å². The Bertz CT molecular complexity index is 664. The van der Waals surface area contributed by atoms with Crippen LogP contribution in [0.3, 0.4) is 0 Å². The number of ether oxygens (including phenoxy) is 1. The van der Waals surface area contributed by atoms with Gasteiger partial charge >= 0.3 is 0 Å². The summed E-state index contributed by atoms with van der Waals surface area (Å²) < 4.78 is 37.0. The van der Waals surface area contributed by atoms with Gasteiger partial charge in [-0.3, -0.25) is 0 Å². The minimum Gasteiger partial charge on any atom is -0.494 e. The van der Waals surface area contributed by atoms with Crippen LogP contribution in [0.2, 0.25) is 0 Å². The van der Waals surface area contributed by atoms with Gasteiger partial charge in [-0.1, -0.05) is 0 Å². The Labute approximate surface area is 129 Å². The van der Waals surface area contributed by atoms with Crippen LogP contribution in [0.15, 0.2) is 52.0 Å². The second kappa shape index (κ2) is 7.44. The van der Waals surface area contributed by atoms with Crippen molar-refractivity contribution >= 4 is 10.0 Å². The average molecular weight is 325 g/mol. The minimum atomic E-state index is -3.60. The Kier molecular flexibility index (Phi) is 5.59. The van der Waals surface area contributed by atoms with E-state index in [1.807, 2.05) is 6.92 Å². The predicted octanol–water partition coefficient (Wildman–Crippen LogP) is 2.08. The van der Waals surface area contributed by atoms with Gasteiger partial charge < -0.3 is 14.3 Å². The van der Waals surface area contributed by atoms with Crippen molar-refractivity contribution in [1.82, 2.24) is 4.72 Å². The molecule has 2 N–H and O–H groups in total. The molecule has 2 rings (SSSR count). The van der Waals surface area contributed by atoms with Crippen molar-refractivity contribution in [1.29, 1.82) is 0 Å². The fourth-order valence-electron chi connectivity index (χ4n) is 1.92. The van der Waals surface area contributed by atoms with E-state index in [4.69, 9.17) is 9.15 Å². The number of benzene rings is 1. The first-order valence-electron chi connectivity index (χ1n) is 6.97. The molecule has 0 aliphatic rings. The normalized spacial score (nSPS) is 13.0. The molecule has 7 heteroatoms. The Morgan fingerprint density at radius 3 is 2.59 bits per heavy atom. The van der Waals surface area contributed by atoms with E-state index in [0.717, 1.165) is 0 Å². The fourth-order valence-corrected chi connectivity index (χ4v) is 2.97. The highest BCUT2D eigenvalue weighted by atomic mass is 32.2. The van der Waals surface area contributed by atoms with Crippen molar-refractivity contribution in [2.45, 2.75) is 24.3 Å². The molecule has 0 amide bonds. The first-order valence-corrected chi connectivity index (χ1v) is 8.45. The van der Waals surface area contributed by atoms with E-state index in [0.29, 0.717) is 18.1 Å². The molecular weight excluding hydrogens is 306 g/mol. The van der Waals surface area contributed by atoms with Gasteiger partial charge in [-0.05, 0) is 49.7 Å². The molecule has 0 aliphatic carbocycles. The van der Waals surface area contributed by atoms with Gasteiger partial charge in [0.05, 0.1) is 17.8 Å². The van der Waals surface area contributed by atoms with Crippen LogP contribution < -0.4 is 9.46 Å². The summed E-state index contributed by atoms with van der Waals surface area (Å²) in [5, 5.41) is 9.83. The van der Waals surface area contributed by atoms with Gasteiger partial charge in [-0.15, -0.1) is 0 Å². The van der Waals surface area contributed by atoms with Crippen molar-refractivity contribution in [2.24, 2.45) is 0 Å². The first-order chi connectivity index (χ1) is 10.5. The number of aliphatic hydroxyl groups is 1. The molecule has 22 heavy (non-hydrogen) atoms. The Morgan fingerprint density at radius 1 is 1.27 bits per heavy atom. The highest BCUT2D eigenvalue weighted by molar-refractivity contribution is 7.89. The summed E-state index contributed by atoms with van der Waals surface area (Å²) in [7, 11) is -3.60. The maximum absolute atomic E-state index is 12.1. The van der Waals surface area contributed by atoms with E-state index in [9.17, 15) is 13.5 Å². The summed E-state index contributed by atoms with van der Waals surface area (Å²) in [4.78, 5) is 0.156. The zero-order chi connectivity index (χ0) is 16.0. The van der Waals surface area contributed by atoms with E-state index in [2.05, 4.69) is 4.72 Å². The first kappa shape index (κ1) is 16.5. The minimum absolute atomic E-state index is 0.109. The third kappa shape index (κ3) is 4.33. The number of hydrogen-bond acceptors (Lipinski definition) is 5. The van der Waals surface area contributed by atoms with E-state index < -0.39 is 16.1 Å². The topological polar surface area (TPSA) is 88.8 Å². The molecule has 0 spiro atoms. The summed E-state index contributed by atoms with van der Waals surface area (Å²) >= 11 is 0. The monoisotopic (exact) mass is 325 g/mol. The fraction of sp³-hybridized carbons (Fsp3) is 0.333. The molecule has 0 bridgehead atoms. The zero-order valence-corrected chi connectivity index (χ0v) is 13.0. The maximum Gasteiger partial charge on any atom is 0.240 e. The molecule has 1 atom stereocenters. The molecule has 1 heterocycles.